The van der Waals surface area contributed by atoms with Crippen LogP contribution in [0.4, 0.5) is 4.39 Å². The molecule has 0 atom stereocenters. The summed E-state index contributed by atoms with van der Waals surface area (Å²) in [7, 11) is 0. The Balaban J connectivity index is 2.25. The average molecular weight is 351 g/mol. The largest absolute Gasteiger partial charge is 0.489 e. The Bertz CT molecular complexity index is 644. The van der Waals surface area contributed by atoms with Crippen LogP contribution in [0.25, 0.3) is 0 Å². The number of rotatable bonds is 3. The number of hydrogen-bond donors (Lipinski definition) is 0. The van der Waals surface area contributed by atoms with Crippen molar-refractivity contribution in [2.45, 2.75) is 39.7 Å². The molecule has 0 aromatic heterocycles. The van der Waals surface area contributed by atoms with Gasteiger partial charge in [-0.3, -0.25) is 0 Å². The first kappa shape index (κ1) is 16.0. The Labute approximate surface area is 134 Å². The van der Waals surface area contributed by atoms with Crippen molar-refractivity contribution >= 4 is 15.9 Å². The molecular weight excluding hydrogens is 331 g/mol. The summed E-state index contributed by atoms with van der Waals surface area (Å²) in [4.78, 5) is 0. The SMILES string of the molecule is Cc1ccc(C(C)(C)C)c(OCc2ccc(F)cc2Br)c1. The molecule has 0 fully saturated rings. The zero-order chi connectivity index (χ0) is 15.6. The summed E-state index contributed by atoms with van der Waals surface area (Å²) >= 11 is 3.37. The standard InChI is InChI=1S/C18H20BrFO/c1-12-5-8-15(18(2,3)4)17(9-12)21-11-13-6-7-14(20)10-16(13)19/h5-10H,11H2,1-4H3. The van der Waals surface area contributed by atoms with Crippen molar-refractivity contribution in [1.82, 2.24) is 0 Å². The van der Waals surface area contributed by atoms with Gasteiger partial charge in [-0.2, -0.15) is 0 Å². The number of halogens is 2. The third-order valence-corrected chi connectivity index (χ3v) is 4.08. The van der Waals surface area contributed by atoms with Gasteiger partial charge < -0.3 is 4.74 Å². The lowest BCUT2D eigenvalue weighted by molar-refractivity contribution is 0.296. The van der Waals surface area contributed by atoms with Gasteiger partial charge in [0.15, 0.2) is 0 Å². The van der Waals surface area contributed by atoms with Crippen LogP contribution in [0.2, 0.25) is 0 Å². The van der Waals surface area contributed by atoms with E-state index in [1.54, 1.807) is 6.07 Å². The highest BCUT2D eigenvalue weighted by molar-refractivity contribution is 9.10. The Kier molecular flexibility index (Phi) is 4.72. The van der Waals surface area contributed by atoms with E-state index in [0.29, 0.717) is 6.61 Å². The molecule has 0 saturated heterocycles. The molecule has 0 radical (unpaired) electrons. The minimum absolute atomic E-state index is 0.0169. The van der Waals surface area contributed by atoms with Gasteiger partial charge in [-0.05, 0) is 41.7 Å². The zero-order valence-corrected chi connectivity index (χ0v) is 14.4. The summed E-state index contributed by atoms with van der Waals surface area (Å²) in [5, 5.41) is 0. The van der Waals surface area contributed by atoms with Gasteiger partial charge in [0.2, 0.25) is 0 Å². The van der Waals surface area contributed by atoms with Crippen LogP contribution in [0.1, 0.15) is 37.5 Å². The van der Waals surface area contributed by atoms with Gasteiger partial charge in [-0.15, -0.1) is 0 Å². The zero-order valence-electron chi connectivity index (χ0n) is 12.8. The summed E-state index contributed by atoms with van der Waals surface area (Å²) in [6, 6.07) is 10.9. The molecule has 0 aliphatic rings. The van der Waals surface area contributed by atoms with Crippen LogP contribution >= 0.6 is 15.9 Å². The van der Waals surface area contributed by atoms with Gasteiger partial charge in [0, 0.05) is 10.0 Å². The number of hydrogen-bond acceptors (Lipinski definition) is 1. The van der Waals surface area contributed by atoms with Gasteiger partial charge in [0.25, 0.3) is 0 Å². The highest BCUT2D eigenvalue weighted by Crippen LogP contribution is 2.33. The van der Waals surface area contributed by atoms with Gasteiger partial charge >= 0.3 is 0 Å². The molecule has 1 nitrogen and oxygen atoms in total. The quantitative estimate of drug-likeness (QED) is 0.682. The van der Waals surface area contributed by atoms with Gasteiger partial charge in [0.05, 0.1) is 0 Å². The molecule has 0 bridgehead atoms. The smallest absolute Gasteiger partial charge is 0.124 e. The third kappa shape index (κ3) is 4.07. The van der Waals surface area contributed by atoms with Crippen molar-refractivity contribution in [2.24, 2.45) is 0 Å². The van der Waals surface area contributed by atoms with E-state index in [9.17, 15) is 4.39 Å². The topological polar surface area (TPSA) is 9.23 Å². The van der Waals surface area contributed by atoms with Crippen molar-refractivity contribution in [3.63, 3.8) is 0 Å². The number of ether oxygens (including phenoxy) is 1. The van der Waals surface area contributed by atoms with E-state index in [0.717, 1.165) is 21.3 Å². The molecule has 2 rings (SSSR count). The van der Waals surface area contributed by atoms with E-state index >= 15 is 0 Å². The predicted octanol–water partition coefficient (Wildman–Crippen LogP) is 5.77. The summed E-state index contributed by atoms with van der Waals surface area (Å²) in [5.41, 5.74) is 3.28. The Hall–Kier alpha value is -1.35. The molecule has 0 saturated carbocycles. The maximum absolute atomic E-state index is 13.1. The molecule has 0 aliphatic carbocycles. The van der Waals surface area contributed by atoms with E-state index in [1.807, 2.05) is 6.92 Å². The van der Waals surface area contributed by atoms with Crippen molar-refractivity contribution in [2.75, 3.05) is 0 Å². The first-order valence-corrected chi connectivity index (χ1v) is 7.74. The molecule has 0 N–H and O–H groups in total. The monoisotopic (exact) mass is 350 g/mol. The first-order chi connectivity index (χ1) is 9.77. The van der Waals surface area contributed by atoms with Crippen LogP contribution in [0.5, 0.6) is 5.75 Å². The second-order valence-corrected chi connectivity index (χ2v) is 7.13. The van der Waals surface area contributed by atoms with Crippen molar-refractivity contribution in [3.8, 4) is 5.75 Å². The third-order valence-electron chi connectivity index (χ3n) is 3.34. The first-order valence-electron chi connectivity index (χ1n) is 6.95. The second-order valence-electron chi connectivity index (χ2n) is 6.27. The van der Waals surface area contributed by atoms with E-state index in [4.69, 9.17) is 4.74 Å². The van der Waals surface area contributed by atoms with Crippen molar-refractivity contribution in [3.05, 3.63) is 63.4 Å². The Morgan fingerprint density at radius 1 is 1.10 bits per heavy atom. The minimum atomic E-state index is -0.253. The molecule has 3 heteroatoms. The summed E-state index contributed by atoms with van der Waals surface area (Å²) in [6.07, 6.45) is 0. The molecular formula is C18H20BrFO. The lowest BCUT2D eigenvalue weighted by Gasteiger charge is -2.23. The number of aryl methyl sites for hydroxylation is 1. The molecule has 0 amide bonds. The van der Waals surface area contributed by atoms with E-state index in [1.165, 1.54) is 17.7 Å². The maximum Gasteiger partial charge on any atom is 0.124 e. The fourth-order valence-corrected chi connectivity index (χ4v) is 2.63. The highest BCUT2D eigenvalue weighted by Gasteiger charge is 2.19. The van der Waals surface area contributed by atoms with Crippen LogP contribution in [-0.2, 0) is 12.0 Å². The molecule has 112 valence electrons. The molecule has 2 aromatic carbocycles. The molecule has 2 aromatic rings. The van der Waals surface area contributed by atoms with Gasteiger partial charge in [0.1, 0.15) is 18.2 Å². The normalized spacial score (nSPS) is 11.5. The second kappa shape index (κ2) is 6.18. The van der Waals surface area contributed by atoms with Crippen LogP contribution in [0, 0.1) is 12.7 Å². The van der Waals surface area contributed by atoms with Gasteiger partial charge in [-0.1, -0.05) is 54.9 Å². The predicted molar refractivity (Wildman–Crippen MR) is 88.3 cm³/mol. The fraction of sp³-hybridized carbons (Fsp3) is 0.333. The van der Waals surface area contributed by atoms with Crippen LogP contribution in [0.3, 0.4) is 0 Å². The van der Waals surface area contributed by atoms with Crippen LogP contribution < -0.4 is 4.74 Å². The number of benzene rings is 2. The molecule has 0 heterocycles. The van der Waals surface area contributed by atoms with E-state index in [2.05, 4.69) is 54.9 Å². The van der Waals surface area contributed by atoms with Crippen molar-refractivity contribution in [1.29, 1.82) is 0 Å². The Morgan fingerprint density at radius 2 is 1.81 bits per heavy atom. The fourth-order valence-electron chi connectivity index (χ4n) is 2.16. The summed E-state index contributed by atoms with van der Waals surface area (Å²) in [6.45, 7) is 8.95. The van der Waals surface area contributed by atoms with Crippen LogP contribution in [-0.4, -0.2) is 0 Å². The highest BCUT2D eigenvalue weighted by atomic mass is 79.9. The van der Waals surface area contributed by atoms with E-state index < -0.39 is 0 Å². The molecule has 0 unspecified atom stereocenters. The van der Waals surface area contributed by atoms with Gasteiger partial charge in [-0.25, -0.2) is 4.39 Å². The molecule has 0 aliphatic heterocycles. The van der Waals surface area contributed by atoms with Crippen molar-refractivity contribution < 1.29 is 9.13 Å². The Morgan fingerprint density at radius 3 is 2.43 bits per heavy atom. The lowest BCUT2D eigenvalue weighted by atomic mass is 9.86. The maximum atomic E-state index is 13.1. The minimum Gasteiger partial charge on any atom is -0.489 e. The molecule has 21 heavy (non-hydrogen) atoms. The summed E-state index contributed by atoms with van der Waals surface area (Å²) < 4.78 is 19.8. The van der Waals surface area contributed by atoms with E-state index in [-0.39, 0.29) is 11.2 Å². The molecule has 0 spiro atoms. The lowest BCUT2D eigenvalue weighted by Crippen LogP contribution is -2.13. The van der Waals surface area contributed by atoms with Crippen LogP contribution in [0.15, 0.2) is 40.9 Å². The average Bonchev–Trinajstić information content (AvgIpc) is 2.36. The summed E-state index contributed by atoms with van der Waals surface area (Å²) in [5.74, 6) is 0.635.